The number of rotatable bonds is 5. The van der Waals surface area contributed by atoms with Crippen LogP contribution >= 0.6 is 0 Å². The maximum absolute atomic E-state index is 12.1. The number of carbonyl (C=O) groups is 1. The van der Waals surface area contributed by atoms with Crippen LogP contribution in [0, 0.1) is 5.92 Å². The zero-order valence-corrected chi connectivity index (χ0v) is 13.0. The van der Waals surface area contributed by atoms with Gasteiger partial charge in [-0.3, -0.25) is 4.79 Å². The molecule has 1 heterocycles. The van der Waals surface area contributed by atoms with Crippen molar-refractivity contribution in [2.24, 2.45) is 5.92 Å². The predicted octanol–water partition coefficient (Wildman–Crippen LogP) is 3.20. The first-order chi connectivity index (χ1) is 10.3. The fourth-order valence-corrected chi connectivity index (χ4v) is 3.77. The van der Waals surface area contributed by atoms with E-state index in [4.69, 9.17) is 0 Å². The molecule has 1 aromatic carbocycles. The van der Waals surface area contributed by atoms with E-state index in [0.717, 1.165) is 37.4 Å². The van der Waals surface area contributed by atoms with E-state index in [9.17, 15) is 4.79 Å². The molecule has 1 unspecified atom stereocenters. The van der Waals surface area contributed by atoms with Gasteiger partial charge in [-0.25, -0.2) is 0 Å². The molecular formula is C18H26N2O. The summed E-state index contributed by atoms with van der Waals surface area (Å²) < 4.78 is 0. The Morgan fingerprint density at radius 3 is 2.90 bits per heavy atom. The molecule has 3 heteroatoms. The van der Waals surface area contributed by atoms with Crippen molar-refractivity contribution in [3.63, 3.8) is 0 Å². The lowest BCUT2D eigenvalue weighted by molar-refractivity contribution is 0.0946. The van der Waals surface area contributed by atoms with E-state index < -0.39 is 0 Å². The summed E-state index contributed by atoms with van der Waals surface area (Å²) in [6, 6.07) is 6.95. The van der Waals surface area contributed by atoms with Gasteiger partial charge in [0.2, 0.25) is 0 Å². The molecule has 114 valence electrons. The second kappa shape index (κ2) is 6.61. The van der Waals surface area contributed by atoms with Gasteiger partial charge in [0, 0.05) is 18.2 Å². The van der Waals surface area contributed by atoms with E-state index in [1.807, 2.05) is 0 Å². The van der Waals surface area contributed by atoms with Crippen molar-refractivity contribution in [3.05, 3.63) is 34.9 Å². The average molecular weight is 286 g/mol. The van der Waals surface area contributed by atoms with Gasteiger partial charge in [0.1, 0.15) is 0 Å². The first-order valence-corrected chi connectivity index (χ1v) is 8.44. The SMILES string of the molecule is CCCNC(c1ccc2c(c1)C(=O)NCC2)C1CCCC1. The van der Waals surface area contributed by atoms with Crippen molar-refractivity contribution < 1.29 is 4.79 Å². The van der Waals surface area contributed by atoms with Crippen molar-refractivity contribution in [2.45, 2.75) is 51.5 Å². The summed E-state index contributed by atoms with van der Waals surface area (Å²) in [6.45, 7) is 4.02. The molecule has 1 aliphatic heterocycles. The lowest BCUT2D eigenvalue weighted by atomic mass is 9.88. The molecule has 1 saturated carbocycles. The van der Waals surface area contributed by atoms with Crippen molar-refractivity contribution in [3.8, 4) is 0 Å². The number of nitrogens with one attached hydrogen (secondary N) is 2. The average Bonchev–Trinajstić information content (AvgIpc) is 3.02. The Kier molecular flexibility index (Phi) is 4.59. The van der Waals surface area contributed by atoms with Crippen LogP contribution in [0.5, 0.6) is 0 Å². The van der Waals surface area contributed by atoms with Crippen LogP contribution < -0.4 is 10.6 Å². The highest BCUT2D eigenvalue weighted by atomic mass is 16.1. The minimum atomic E-state index is 0.0961. The van der Waals surface area contributed by atoms with E-state index in [-0.39, 0.29) is 5.91 Å². The topological polar surface area (TPSA) is 41.1 Å². The summed E-state index contributed by atoms with van der Waals surface area (Å²) in [4.78, 5) is 12.1. The third-order valence-electron chi connectivity index (χ3n) is 4.90. The predicted molar refractivity (Wildman–Crippen MR) is 85.5 cm³/mol. The molecule has 0 saturated heterocycles. The molecule has 1 amide bonds. The molecule has 1 fully saturated rings. The molecule has 0 spiro atoms. The number of amides is 1. The molecule has 0 aromatic heterocycles. The Morgan fingerprint density at radius 1 is 1.33 bits per heavy atom. The van der Waals surface area contributed by atoms with Crippen molar-refractivity contribution in [1.29, 1.82) is 0 Å². The van der Waals surface area contributed by atoms with E-state index in [0.29, 0.717) is 6.04 Å². The monoisotopic (exact) mass is 286 g/mol. The molecule has 2 aliphatic rings. The van der Waals surface area contributed by atoms with Gasteiger partial charge in [0.25, 0.3) is 5.91 Å². The first-order valence-electron chi connectivity index (χ1n) is 8.44. The Hall–Kier alpha value is -1.35. The van der Waals surface area contributed by atoms with E-state index in [2.05, 4.69) is 35.8 Å². The maximum Gasteiger partial charge on any atom is 0.251 e. The van der Waals surface area contributed by atoms with Gasteiger partial charge in [0.05, 0.1) is 0 Å². The lowest BCUT2D eigenvalue weighted by Gasteiger charge is -2.27. The van der Waals surface area contributed by atoms with Crippen LogP contribution in [-0.4, -0.2) is 19.0 Å². The van der Waals surface area contributed by atoms with Crippen molar-refractivity contribution in [1.82, 2.24) is 10.6 Å². The third kappa shape index (κ3) is 3.13. The van der Waals surface area contributed by atoms with E-state index in [1.54, 1.807) is 0 Å². The number of carbonyl (C=O) groups excluding carboxylic acids is 1. The number of benzene rings is 1. The zero-order chi connectivity index (χ0) is 14.7. The summed E-state index contributed by atoms with van der Waals surface area (Å²) in [5.41, 5.74) is 3.38. The fourth-order valence-electron chi connectivity index (χ4n) is 3.77. The van der Waals surface area contributed by atoms with Crippen molar-refractivity contribution in [2.75, 3.05) is 13.1 Å². The van der Waals surface area contributed by atoms with Crippen LogP contribution in [0.15, 0.2) is 18.2 Å². The maximum atomic E-state index is 12.1. The minimum absolute atomic E-state index is 0.0961. The summed E-state index contributed by atoms with van der Waals surface area (Å²) in [5.74, 6) is 0.819. The van der Waals surface area contributed by atoms with Crippen LogP contribution in [0.25, 0.3) is 0 Å². The number of hydrogen-bond acceptors (Lipinski definition) is 2. The molecule has 21 heavy (non-hydrogen) atoms. The van der Waals surface area contributed by atoms with E-state index >= 15 is 0 Å². The second-order valence-corrected chi connectivity index (χ2v) is 6.40. The molecule has 2 N–H and O–H groups in total. The smallest absolute Gasteiger partial charge is 0.251 e. The lowest BCUT2D eigenvalue weighted by Crippen LogP contribution is -2.33. The summed E-state index contributed by atoms with van der Waals surface area (Å²) in [5, 5.41) is 6.68. The standard InChI is InChI=1S/C18H26N2O/c1-2-10-19-17(14-5-3-4-6-14)15-8-7-13-9-11-20-18(21)16(13)12-15/h7-8,12,14,17,19H,2-6,9-11H2,1H3,(H,20,21). The van der Waals surface area contributed by atoms with Gasteiger partial charge in [-0.05, 0) is 55.3 Å². The molecule has 1 aliphatic carbocycles. The van der Waals surface area contributed by atoms with Gasteiger partial charge in [-0.1, -0.05) is 31.9 Å². The highest BCUT2D eigenvalue weighted by Gasteiger charge is 2.27. The highest BCUT2D eigenvalue weighted by Crippen LogP contribution is 2.36. The molecule has 0 bridgehead atoms. The van der Waals surface area contributed by atoms with Gasteiger partial charge < -0.3 is 10.6 Å². The molecule has 1 atom stereocenters. The summed E-state index contributed by atoms with van der Waals surface area (Å²) >= 11 is 0. The Balaban J connectivity index is 1.87. The van der Waals surface area contributed by atoms with Crippen LogP contribution in [0.4, 0.5) is 0 Å². The second-order valence-electron chi connectivity index (χ2n) is 6.40. The molecule has 1 aromatic rings. The fraction of sp³-hybridized carbons (Fsp3) is 0.611. The van der Waals surface area contributed by atoms with Crippen LogP contribution in [0.1, 0.15) is 66.6 Å². The first kappa shape index (κ1) is 14.6. The Morgan fingerprint density at radius 2 is 2.14 bits per heavy atom. The van der Waals surface area contributed by atoms with Crippen LogP contribution in [0.3, 0.4) is 0 Å². The van der Waals surface area contributed by atoms with Gasteiger partial charge in [0.15, 0.2) is 0 Å². The normalized spacial score (nSPS) is 20.1. The highest BCUT2D eigenvalue weighted by molar-refractivity contribution is 5.96. The molecule has 3 rings (SSSR count). The van der Waals surface area contributed by atoms with Gasteiger partial charge in [-0.2, -0.15) is 0 Å². The number of fused-ring (bicyclic) bond motifs is 1. The zero-order valence-electron chi connectivity index (χ0n) is 13.0. The molecule has 3 nitrogen and oxygen atoms in total. The van der Waals surface area contributed by atoms with Crippen LogP contribution in [-0.2, 0) is 6.42 Å². The minimum Gasteiger partial charge on any atom is -0.352 e. The third-order valence-corrected chi connectivity index (χ3v) is 4.90. The largest absolute Gasteiger partial charge is 0.352 e. The van der Waals surface area contributed by atoms with Gasteiger partial charge in [-0.15, -0.1) is 0 Å². The van der Waals surface area contributed by atoms with Crippen LogP contribution in [0.2, 0.25) is 0 Å². The Bertz CT molecular complexity index is 506. The summed E-state index contributed by atoms with van der Waals surface area (Å²) in [7, 11) is 0. The Labute approximate surface area is 127 Å². The quantitative estimate of drug-likeness (QED) is 0.872. The molecule has 0 radical (unpaired) electrons. The van der Waals surface area contributed by atoms with Crippen molar-refractivity contribution >= 4 is 5.91 Å². The van der Waals surface area contributed by atoms with E-state index in [1.165, 1.54) is 36.8 Å². The summed E-state index contributed by atoms with van der Waals surface area (Å²) in [6.07, 6.45) is 7.42. The number of hydrogen-bond donors (Lipinski definition) is 2. The van der Waals surface area contributed by atoms with Gasteiger partial charge >= 0.3 is 0 Å². The molecular weight excluding hydrogens is 260 g/mol.